The summed E-state index contributed by atoms with van der Waals surface area (Å²) in [4.78, 5) is 22.4. The van der Waals surface area contributed by atoms with Crippen molar-refractivity contribution < 1.29 is 19.0 Å². The number of imidazole rings is 1. The predicted octanol–water partition coefficient (Wildman–Crippen LogP) is 2.76. The Morgan fingerprint density at radius 2 is 1.86 bits per heavy atom. The second kappa shape index (κ2) is 11.2. The van der Waals surface area contributed by atoms with E-state index in [-0.39, 0.29) is 5.91 Å². The van der Waals surface area contributed by atoms with E-state index in [1.54, 1.807) is 0 Å². The average molecular weight is 494 g/mol. The molecule has 192 valence electrons. The molecule has 1 fully saturated rings. The molecule has 0 unspecified atom stereocenters. The van der Waals surface area contributed by atoms with Crippen LogP contribution in [0.1, 0.15) is 35.5 Å². The fourth-order valence-corrected chi connectivity index (χ4v) is 4.78. The van der Waals surface area contributed by atoms with Crippen molar-refractivity contribution in [3.8, 4) is 11.5 Å². The van der Waals surface area contributed by atoms with E-state index in [9.17, 15) is 4.79 Å². The Morgan fingerprint density at radius 3 is 2.64 bits per heavy atom. The summed E-state index contributed by atoms with van der Waals surface area (Å²) in [6.45, 7) is 11.7. The zero-order valence-corrected chi connectivity index (χ0v) is 21.2. The van der Waals surface area contributed by atoms with E-state index in [1.807, 2.05) is 24.4 Å². The first kappa shape index (κ1) is 24.4. The minimum absolute atomic E-state index is 0.0715. The highest BCUT2D eigenvalue weighted by Gasteiger charge is 2.20. The lowest BCUT2D eigenvalue weighted by molar-refractivity contribution is 0.0383. The number of hydrogen-bond acceptors (Lipinski definition) is 7. The van der Waals surface area contributed by atoms with Crippen molar-refractivity contribution in [1.29, 1.82) is 0 Å². The molecule has 1 aromatic carbocycles. The summed E-state index contributed by atoms with van der Waals surface area (Å²) in [6, 6.07) is 9.90. The summed E-state index contributed by atoms with van der Waals surface area (Å²) >= 11 is 0. The summed E-state index contributed by atoms with van der Waals surface area (Å²) in [6.07, 6.45) is 2.71. The van der Waals surface area contributed by atoms with Gasteiger partial charge in [0.25, 0.3) is 5.91 Å². The van der Waals surface area contributed by atoms with Gasteiger partial charge in [-0.3, -0.25) is 14.1 Å². The maximum atomic E-state index is 13.0. The van der Waals surface area contributed by atoms with Gasteiger partial charge in [-0.2, -0.15) is 0 Å². The molecule has 2 aliphatic rings. The van der Waals surface area contributed by atoms with Gasteiger partial charge in [-0.05, 0) is 43.2 Å². The van der Waals surface area contributed by atoms with E-state index in [0.717, 1.165) is 80.0 Å². The van der Waals surface area contributed by atoms with Gasteiger partial charge in [-0.1, -0.05) is 13.0 Å². The minimum atomic E-state index is -0.0715. The summed E-state index contributed by atoms with van der Waals surface area (Å²) in [5.74, 6) is 2.53. The van der Waals surface area contributed by atoms with Crippen LogP contribution in [-0.2, 0) is 17.7 Å². The third-order valence-electron chi connectivity index (χ3n) is 6.74. The molecule has 3 aromatic rings. The van der Waals surface area contributed by atoms with Crippen molar-refractivity contribution in [2.45, 2.75) is 26.8 Å². The van der Waals surface area contributed by atoms with Crippen LogP contribution in [-0.4, -0.2) is 79.3 Å². The van der Waals surface area contributed by atoms with Crippen LogP contribution in [0.5, 0.6) is 11.5 Å². The van der Waals surface area contributed by atoms with Crippen LogP contribution in [0.2, 0.25) is 0 Å². The van der Waals surface area contributed by atoms with E-state index in [4.69, 9.17) is 19.2 Å². The molecule has 9 nitrogen and oxygen atoms in total. The molecular formula is C27H35N5O4. The Labute approximate surface area is 211 Å². The number of carbonyl (C=O) groups excluding carboxylic acids is 1. The predicted molar refractivity (Wildman–Crippen MR) is 138 cm³/mol. The van der Waals surface area contributed by atoms with Crippen molar-refractivity contribution in [3.05, 3.63) is 53.3 Å². The summed E-state index contributed by atoms with van der Waals surface area (Å²) in [5, 5.41) is 3.07. The Hall–Kier alpha value is -3.30. The molecule has 0 radical (unpaired) electrons. The molecule has 2 aromatic heterocycles. The van der Waals surface area contributed by atoms with Crippen LogP contribution < -0.4 is 19.7 Å². The lowest BCUT2D eigenvalue weighted by Crippen LogP contribution is -2.41. The molecule has 0 aliphatic carbocycles. The van der Waals surface area contributed by atoms with Gasteiger partial charge >= 0.3 is 0 Å². The number of aryl methyl sites for hydroxylation is 1. The molecule has 1 N–H and O–H groups in total. The largest absolute Gasteiger partial charge is 0.486 e. The Balaban J connectivity index is 1.35. The number of ether oxygens (including phenoxy) is 3. The van der Waals surface area contributed by atoms with Gasteiger partial charge in [0, 0.05) is 45.5 Å². The molecule has 9 heteroatoms. The first-order valence-electron chi connectivity index (χ1n) is 12.9. The average Bonchev–Trinajstić information content (AvgIpc) is 3.30. The summed E-state index contributed by atoms with van der Waals surface area (Å²) in [7, 11) is 0. The maximum Gasteiger partial charge on any atom is 0.252 e. The number of morpholine rings is 1. The van der Waals surface area contributed by atoms with Crippen LogP contribution in [0.3, 0.4) is 0 Å². The van der Waals surface area contributed by atoms with Gasteiger partial charge in [-0.15, -0.1) is 0 Å². The van der Waals surface area contributed by atoms with Crippen molar-refractivity contribution in [2.24, 2.45) is 0 Å². The Morgan fingerprint density at radius 1 is 1.06 bits per heavy atom. The smallest absolute Gasteiger partial charge is 0.252 e. The quantitative estimate of drug-likeness (QED) is 0.491. The topological polar surface area (TPSA) is 80.6 Å². The zero-order valence-electron chi connectivity index (χ0n) is 21.2. The highest BCUT2D eigenvalue weighted by molar-refractivity contribution is 5.94. The fourth-order valence-electron chi connectivity index (χ4n) is 4.78. The van der Waals surface area contributed by atoms with Crippen molar-refractivity contribution in [3.63, 3.8) is 0 Å². The number of rotatable bonds is 9. The second-order valence-corrected chi connectivity index (χ2v) is 9.08. The SMILES string of the molecule is CCc1nc2ccc(C(=O)NCCN3CCOCC3)cn2c1N(CC)Cc1ccc2c(c1)OCCO2. The van der Waals surface area contributed by atoms with Crippen molar-refractivity contribution in [1.82, 2.24) is 19.6 Å². The minimum Gasteiger partial charge on any atom is -0.486 e. The molecule has 0 atom stereocenters. The number of aromatic nitrogens is 2. The Kier molecular flexibility index (Phi) is 7.58. The molecule has 0 spiro atoms. The molecule has 4 heterocycles. The highest BCUT2D eigenvalue weighted by Crippen LogP contribution is 2.32. The monoisotopic (exact) mass is 493 g/mol. The van der Waals surface area contributed by atoms with Gasteiger partial charge in [-0.25, -0.2) is 4.98 Å². The van der Waals surface area contributed by atoms with Crippen LogP contribution in [0.4, 0.5) is 5.82 Å². The fraction of sp³-hybridized carbons (Fsp3) is 0.481. The van der Waals surface area contributed by atoms with Gasteiger partial charge < -0.3 is 24.4 Å². The molecule has 5 rings (SSSR count). The third-order valence-corrected chi connectivity index (χ3v) is 6.74. The van der Waals surface area contributed by atoms with E-state index < -0.39 is 0 Å². The highest BCUT2D eigenvalue weighted by atomic mass is 16.6. The van der Waals surface area contributed by atoms with E-state index >= 15 is 0 Å². The number of pyridine rings is 1. The number of fused-ring (bicyclic) bond motifs is 2. The number of nitrogens with zero attached hydrogens (tertiary/aromatic N) is 4. The van der Waals surface area contributed by atoms with Crippen LogP contribution in [0, 0.1) is 0 Å². The van der Waals surface area contributed by atoms with Gasteiger partial charge in [0.05, 0.1) is 24.5 Å². The molecule has 1 saturated heterocycles. The van der Waals surface area contributed by atoms with Gasteiger partial charge in [0.2, 0.25) is 0 Å². The number of amides is 1. The molecular weight excluding hydrogens is 458 g/mol. The maximum absolute atomic E-state index is 13.0. The van der Waals surface area contributed by atoms with Crippen LogP contribution in [0.25, 0.3) is 5.65 Å². The lowest BCUT2D eigenvalue weighted by atomic mass is 10.1. The number of carbonyl (C=O) groups is 1. The van der Waals surface area contributed by atoms with Crippen LogP contribution >= 0.6 is 0 Å². The van der Waals surface area contributed by atoms with Crippen molar-refractivity contribution in [2.75, 3.05) is 64.1 Å². The van der Waals surface area contributed by atoms with E-state index in [2.05, 4.69) is 45.5 Å². The normalized spacial score (nSPS) is 15.7. The number of hydrogen-bond donors (Lipinski definition) is 1. The van der Waals surface area contributed by atoms with E-state index in [0.29, 0.717) is 31.9 Å². The zero-order chi connectivity index (χ0) is 24.9. The first-order valence-corrected chi connectivity index (χ1v) is 12.9. The van der Waals surface area contributed by atoms with Gasteiger partial charge in [0.1, 0.15) is 24.7 Å². The van der Waals surface area contributed by atoms with E-state index in [1.165, 1.54) is 0 Å². The molecule has 0 saturated carbocycles. The summed E-state index contributed by atoms with van der Waals surface area (Å²) < 4.78 is 18.9. The molecule has 36 heavy (non-hydrogen) atoms. The number of benzene rings is 1. The standard InChI is InChI=1S/C27H35N5O4/c1-3-22-27(31(4-2)18-20-5-7-23-24(17-20)36-16-15-35-23)32-19-21(6-8-25(32)29-22)26(33)28-9-10-30-11-13-34-14-12-30/h5-8,17,19H,3-4,9-16,18H2,1-2H3,(H,28,33). The number of anilines is 1. The first-order chi connectivity index (χ1) is 17.7. The van der Waals surface area contributed by atoms with Crippen LogP contribution in [0.15, 0.2) is 36.5 Å². The Bertz CT molecular complexity index is 1200. The van der Waals surface area contributed by atoms with Crippen molar-refractivity contribution >= 4 is 17.4 Å². The molecule has 1 amide bonds. The number of nitrogens with one attached hydrogen (secondary N) is 1. The molecule has 0 bridgehead atoms. The lowest BCUT2D eigenvalue weighted by Gasteiger charge is -2.26. The second-order valence-electron chi connectivity index (χ2n) is 9.08. The molecule has 2 aliphatic heterocycles. The third kappa shape index (κ3) is 5.27. The summed E-state index contributed by atoms with van der Waals surface area (Å²) in [5.41, 5.74) is 3.61. The van der Waals surface area contributed by atoms with Gasteiger partial charge in [0.15, 0.2) is 11.5 Å².